The summed E-state index contributed by atoms with van der Waals surface area (Å²) >= 11 is 0. The maximum atomic E-state index is 12.0. The smallest absolute Gasteiger partial charge is 0.226 e. The average Bonchev–Trinajstić information content (AvgIpc) is 2.73. The lowest BCUT2D eigenvalue weighted by atomic mass is 9.96. The van der Waals surface area contributed by atoms with Crippen molar-refractivity contribution in [3.63, 3.8) is 0 Å². The van der Waals surface area contributed by atoms with Gasteiger partial charge in [-0.05, 0) is 6.42 Å². The van der Waals surface area contributed by atoms with Crippen molar-refractivity contribution < 1.29 is 4.79 Å². The van der Waals surface area contributed by atoms with Crippen LogP contribution in [-0.4, -0.2) is 50.1 Å². The van der Waals surface area contributed by atoms with E-state index >= 15 is 0 Å². The Hall–Kier alpha value is -0.610. The molecule has 1 aliphatic carbocycles. The predicted molar refractivity (Wildman–Crippen MR) is 52.8 cm³/mol. The fraction of sp³-hybridized carbons (Fsp3) is 0.900. The van der Waals surface area contributed by atoms with E-state index in [4.69, 9.17) is 0 Å². The van der Waals surface area contributed by atoms with Crippen LogP contribution >= 0.6 is 0 Å². The van der Waals surface area contributed by atoms with Crippen LogP contribution in [0.5, 0.6) is 0 Å². The molecule has 2 aliphatic heterocycles. The van der Waals surface area contributed by atoms with E-state index in [1.165, 1.54) is 0 Å². The lowest BCUT2D eigenvalue weighted by molar-refractivity contribution is -0.135. The third-order valence-electron chi connectivity index (χ3n) is 4.10. The van der Waals surface area contributed by atoms with Gasteiger partial charge in [0.1, 0.15) is 0 Å². The molecular formula is C10H17N3O. The summed E-state index contributed by atoms with van der Waals surface area (Å²) in [6.45, 7) is 4.06. The molecule has 4 nitrogen and oxygen atoms in total. The van der Waals surface area contributed by atoms with Gasteiger partial charge in [0.25, 0.3) is 0 Å². The summed E-state index contributed by atoms with van der Waals surface area (Å²) < 4.78 is 0. The molecule has 2 heterocycles. The third-order valence-corrected chi connectivity index (χ3v) is 4.10. The molecule has 3 fully saturated rings. The number of amides is 1. The highest BCUT2D eigenvalue weighted by molar-refractivity contribution is 5.83. The first-order chi connectivity index (χ1) is 6.73. The van der Waals surface area contributed by atoms with Gasteiger partial charge in [-0.3, -0.25) is 4.79 Å². The summed E-state index contributed by atoms with van der Waals surface area (Å²) in [6.07, 6.45) is 1.11. The third kappa shape index (κ3) is 1.04. The van der Waals surface area contributed by atoms with Crippen LogP contribution in [0.15, 0.2) is 0 Å². The maximum absolute atomic E-state index is 12.0. The molecule has 0 aromatic carbocycles. The van der Waals surface area contributed by atoms with Crippen molar-refractivity contribution in [2.45, 2.75) is 12.5 Å². The van der Waals surface area contributed by atoms with Crippen molar-refractivity contribution in [3.8, 4) is 0 Å². The maximum Gasteiger partial charge on any atom is 0.226 e. The summed E-state index contributed by atoms with van der Waals surface area (Å²) in [6, 6.07) is 0.452. The first kappa shape index (κ1) is 8.68. The van der Waals surface area contributed by atoms with Crippen LogP contribution in [0.3, 0.4) is 0 Å². The molecule has 1 saturated carbocycles. The molecule has 78 valence electrons. The van der Waals surface area contributed by atoms with Crippen molar-refractivity contribution in [3.05, 3.63) is 0 Å². The number of likely N-dealkylation sites (N-methyl/N-ethyl adjacent to an activating group) is 1. The van der Waals surface area contributed by atoms with Crippen molar-refractivity contribution in [1.29, 1.82) is 0 Å². The second kappa shape index (κ2) is 2.70. The molecular weight excluding hydrogens is 178 g/mol. The predicted octanol–water partition coefficient (Wildman–Crippen LogP) is -0.974. The zero-order valence-corrected chi connectivity index (χ0v) is 8.55. The minimum Gasteiger partial charge on any atom is -0.340 e. The Morgan fingerprint density at radius 2 is 2.07 bits per heavy atom. The van der Waals surface area contributed by atoms with E-state index in [0.717, 1.165) is 32.6 Å². The van der Waals surface area contributed by atoms with Crippen LogP contribution < -0.4 is 10.6 Å². The molecule has 0 aromatic heterocycles. The van der Waals surface area contributed by atoms with Gasteiger partial charge in [-0.2, -0.15) is 0 Å². The second-order valence-electron chi connectivity index (χ2n) is 4.98. The monoisotopic (exact) mass is 195 g/mol. The molecule has 2 N–H and O–H groups in total. The SMILES string of the molecule is CN(C(=O)C1CC12CNC2)C1CNC1. The summed E-state index contributed by atoms with van der Waals surface area (Å²) in [5.41, 5.74) is 0.377. The number of nitrogens with zero attached hydrogens (tertiary/aromatic N) is 1. The largest absolute Gasteiger partial charge is 0.340 e. The molecule has 1 unspecified atom stereocenters. The lowest BCUT2D eigenvalue weighted by Crippen LogP contribution is -2.58. The van der Waals surface area contributed by atoms with Gasteiger partial charge in [-0.15, -0.1) is 0 Å². The molecule has 3 aliphatic rings. The van der Waals surface area contributed by atoms with Gasteiger partial charge in [-0.1, -0.05) is 0 Å². The molecule has 3 rings (SSSR count). The molecule has 0 radical (unpaired) electrons. The van der Waals surface area contributed by atoms with Gasteiger partial charge in [0.05, 0.1) is 6.04 Å². The van der Waals surface area contributed by atoms with Crippen LogP contribution in [-0.2, 0) is 4.79 Å². The number of nitrogens with one attached hydrogen (secondary N) is 2. The highest BCUT2D eigenvalue weighted by atomic mass is 16.2. The highest BCUT2D eigenvalue weighted by Gasteiger charge is 2.62. The second-order valence-corrected chi connectivity index (χ2v) is 4.98. The number of hydrogen-bond acceptors (Lipinski definition) is 3. The van der Waals surface area contributed by atoms with E-state index in [2.05, 4.69) is 10.6 Å². The number of carbonyl (C=O) groups excluding carboxylic acids is 1. The minimum atomic E-state index is 0.328. The van der Waals surface area contributed by atoms with E-state index in [0.29, 0.717) is 23.3 Å². The normalized spacial score (nSPS) is 33.4. The van der Waals surface area contributed by atoms with Gasteiger partial charge in [0, 0.05) is 44.6 Å². The Morgan fingerprint density at radius 1 is 1.36 bits per heavy atom. The van der Waals surface area contributed by atoms with Crippen LogP contribution in [0.4, 0.5) is 0 Å². The minimum absolute atomic E-state index is 0.328. The summed E-state index contributed by atoms with van der Waals surface area (Å²) in [4.78, 5) is 14.0. The van der Waals surface area contributed by atoms with Gasteiger partial charge < -0.3 is 15.5 Å². The molecule has 1 spiro atoms. The van der Waals surface area contributed by atoms with Crippen molar-refractivity contribution in [2.24, 2.45) is 11.3 Å². The Bertz CT molecular complexity index is 267. The Kier molecular flexibility index (Phi) is 1.67. The number of hydrogen-bond donors (Lipinski definition) is 2. The topological polar surface area (TPSA) is 44.4 Å². The van der Waals surface area contributed by atoms with Gasteiger partial charge >= 0.3 is 0 Å². The first-order valence-electron chi connectivity index (χ1n) is 5.41. The summed E-state index contributed by atoms with van der Waals surface area (Å²) in [5.74, 6) is 0.701. The van der Waals surface area contributed by atoms with Gasteiger partial charge in [-0.25, -0.2) is 0 Å². The summed E-state index contributed by atoms with van der Waals surface area (Å²) in [5, 5.41) is 6.46. The molecule has 2 saturated heterocycles. The Morgan fingerprint density at radius 3 is 2.43 bits per heavy atom. The van der Waals surface area contributed by atoms with Crippen LogP contribution in [0, 0.1) is 11.3 Å². The van der Waals surface area contributed by atoms with E-state index in [9.17, 15) is 4.79 Å². The highest BCUT2D eigenvalue weighted by Crippen LogP contribution is 2.56. The zero-order chi connectivity index (χ0) is 9.76. The van der Waals surface area contributed by atoms with Crippen LogP contribution in [0.2, 0.25) is 0 Å². The number of rotatable bonds is 2. The van der Waals surface area contributed by atoms with Crippen molar-refractivity contribution in [1.82, 2.24) is 15.5 Å². The van der Waals surface area contributed by atoms with Crippen LogP contribution in [0.1, 0.15) is 6.42 Å². The fourth-order valence-corrected chi connectivity index (χ4v) is 2.51. The molecule has 14 heavy (non-hydrogen) atoms. The zero-order valence-electron chi connectivity index (χ0n) is 8.55. The van der Waals surface area contributed by atoms with E-state index in [1.54, 1.807) is 0 Å². The standard InChI is InChI=1S/C10H17N3O/c1-13(7-3-11-4-7)9(14)8-2-10(8)5-12-6-10/h7-8,11-12H,2-6H2,1H3. The molecule has 4 heteroatoms. The quantitative estimate of drug-likeness (QED) is 0.595. The molecule has 1 atom stereocenters. The molecule has 1 amide bonds. The Balaban J connectivity index is 1.60. The van der Waals surface area contributed by atoms with Gasteiger partial charge in [0.15, 0.2) is 0 Å². The van der Waals surface area contributed by atoms with Crippen molar-refractivity contribution in [2.75, 3.05) is 33.2 Å². The summed E-state index contributed by atoms with van der Waals surface area (Å²) in [7, 11) is 1.95. The van der Waals surface area contributed by atoms with E-state index in [-0.39, 0.29) is 0 Å². The van der Waals surface area contributed by atoms with E-state index < -0.39 is 0 Å². The van der Waals surface area contributed by atoms with Crippen molar-refractivity contribution >= 4 is 5.91 Å². The van der Waals surface area contributed by atoms with E-state index in [1.807, 2.05) is 11.9 Å². The van der Waals surface area contributed by atoms with Crippen LogP contribution in [0.25, 0.3) is 0 Å². The fourth-order valence-electron chi connectivity index (χ4n) is 2.51. The molecule has 0 bridgehead atoms. The number of carbonyl (C=O) groups is 1. The molecule has 0 aromatic rings. The Labute approximate surface area is 84.0 Å². The average molecular weight is 195 g/mol. The lowest BCUT2D eigenvalue weighted by Gasteiger charge is -2.37. The first-order valence-corrected chi connectivity index (χ1v) is 5.41. The van der Waals surface area contributed by atoms with Gasteiger partial charge in [0.2, 0.25) is 5.91 Å².